The number of nitrogens with zero attached hydrogens (tertiary/aromatic N) is 3. The molecule has 1 aliphatic heterocycles. The zero-order chi connectivity index (χ0) is 21.6. The smallest absolute Gasteiger partial charge is 0.323 e. The Morgan fingerprint density at radius 2 is 1.48 bits per heavy atom. The highest BCUT2D eigenvalue weighted by Crippen LogP contribution is 2.22. The summed E-state index contributed by atoms with van der Waals surface area (Å²) in [6.07, 6.45) is 0. The van der Waals surface area contributed by atoms with Crippen molar-refractivity contribution >= 4 is 23.2 Å². The van der Waals surface area contributed by atoms with Crippen molar-refractivity contribution < 1.29 is 9.53 Å². The van der Waals surface area contributed by atoms with Gasteiger partial charge >= 0.3 is 6.03 Å². The quantitative estimate of drug-likeness (QED) is 0.626. The average Bonchev–Trinajstić information content (AvgIpc) is 2.80. The molecule has 7 heteroatoms. The van der Waals surface area contributed by atoms with Gasteiger partial charge in [0.2, 0.25) is 0 Å². The molecule has 1 saturated heterocycles. The van der Waals surface area contributed by atoms with E-state index in [0.717, 1.165) is 35.9 Å². The van der Waals surface area contributed by atoms with Gasteiger partial charge in [0, 0.05) is 30.0 Å². The molecule has 0 unspecified atom stereocenters. The first-order chi connectivity index (χ1) is 15.1. The van der Waals surface area contributed by atoms with Crippen molar-refractivity contribution in [3.05, 3.63) is 66.2 Å². The van der Waals surface area contributed by atoms with Gasteiger partial charge in [0.05, 0.1) is 18.9 Å². The van der Waals surface area contributed by atoms with E-state index in [2.05, 4.69) is 39.6 Å². The van der Waals surface area contributed by atoms with Crippen molar-refractivity contribution in [2.24, 2.45) is 0 Å². The molecule has 160 valence electrons. The van der Waals surface area contributed by atoms with Gasteiger partial charge in [0.1, 0.15) is 0 Å². The Bertz CT molecular complexity index is 996. The Balaban J connectivity index is 1.34. The molecule has 0 atom stereocenters. The van der Waals surface area contributed by atoms with Crippen LogP contribution in [0.25, 0.3) is 11.3 Å². The van der Waals surface area contributed by atoms with Gasteiger partial charge in [0.15, 0.2) is 5.82 Å². The fraction of sp³-hybridized carbons (Fsp3) is 0.292. The van der Waals surface area contributed by atoms with E-state index in [-0.39, 0.29) is 6.03 Å². The third kappa shape index (κ3) is 5.38. The van der Waals surface area contributed by atoms with Crippen molar-refractivity contribution in [1.29, 1.82) is 0 Å². The maximum absolute atomic E-state index is 12.3. The van der Waals surface area contributed by atoms with Gasteiger partial charge in [-0.25, -0.2) is 4.79 Å². The van der Waals surface area contributed by atoms with Gasteiger partial charge in [0.25, 0.3) is 0 Å². The molecule has 0 saturated carbocycles. The van der Waals surface area contributed by atoms with Crippen LogP contribution in [0.1, 0.15) is 25.3 Å². The Labute approximate surface area is 182 Å². The van der Waals surface area contributed by atoms with Crippen molar-refractivity contribution in [3.63, 3.8) is 0 Å². The lowest BCUT2D eigenvalue weighted by Crippen LogP contribution is -2.36. The van der Waals surface area contributed by atoms with Crippen LogP contribution in [0.4, 0.5) is 22.0 Å². The lowest BCUT2D eigenvalue weighted by molar-refractivity contribution is 0.122. The molecule has 2 heterocycles. The summed E-state index contributed by atoms with van der Waals surface area (Å²) < 4.78 is 5.37. The summed E-state index contributed by atoms with van der Waals surface area (Å²) in [6.45, 7) is 7.38. The zero-order valence-electron chi connectivity index (χ0n) is 17.8. The fourth-order valence-electron chi connectivity index (χ4n) is 3.41. The molecule has 1 aromatic heterocycles. The first-order valence-corrected chi connectivity index (χ1v) is 10.5. The van der Waals surface area contributed by atoms with E-state index in [1.54, 1.807) is 0 Å². The Morgan fingerprint density at radius 1 is 0.871 bits per heavy atom. The second kappa shape index (κ2) is 9.57. The normalized spacial score (nSPS) is 13.8. The third-order valence-electron chi connectivity index (χ3n) is 5.26. The van der Waals surface area contributed by atoms with Gasteiger partial charge in [-0.1, -0.05) is 38.1 Å². The molecule has 0 bridgehead atoms. The van der Waals surface area contributed by atoms with E-state index < -0.39 is 0 Å². The van der Waals surface area contributed by atoms with E-state index >= 15 is 0 Å². The molecular formula is C24H27N5O2. The molecule has 4 rings (SSSR count). The summed E-state index contributed by atoms with van der Waals surface area (Å²) in [5, 5.41) is 14.4. The molecular weight excluding hydrogens is 390 g/mol. The van der Waals surface area contributed by atoms with Crippen LogP contribution >= 0.6 is 0 Å². The largest absolute Gasteiger partial charge is 0.378 e. The molecule has 0 aliphatic carbocycles. The summed E-state index contributed by atoms with van der Waals surface area (Å²) in [5.41, 5.74) is 4.43. The first-order valence-electron chi connectivity index (χ1n) is 10.5. The number of carbonyl (C=O) groups excluding carboxylic acids is 1. The third-order valence-corrected chi connectivity index (χ3v) is 5.26. The highest BCUT2D eigenvalue weighted by Gasteiger charge is 2.13. The molecule has 7 nitrogen and oxygen atoms in total. The van der Waals surface area contributed by atoms with E-state index in [1.165, 1.54) is 5.56 Å². The molecule has 3 aromatic rings. The standard InChI is InChI=1S/C24H27N5O2/c1-17(2)18-3-7-20(8-4-18)25-24(30)26-21-9-5-19(6-10-21)22-11-12-23(28-27-22)29-13-15-31-16-14-29/h3-12,17H,13-16H2,1-2H3,(H2,25,26,30). The number of benzene rings is 2. The van der Waals surface area contributed by atoms with Gasteiger partial charge in [-0.05, 0) is 47.9 Å². The number of nitrogens with one attached hydrogen (secondary N) is 2. The summed E-state index contributed by atoms with van der Waals surface area (Å²) in [5.74, 6) is 1.32. The van der Waals surface area contributed by atoms with Crippen LogP contribution in [0.3, 0.4) is 0 Å². The lowest BCUT2D eigenvalue weighted by Gasteiger charge is -2.27. The molecule has 2 N–H and O–H groups in total. The van der Waals surface area contributed by atoms with E-state index in [1.807, 2.05) is 60.7 Å². The Morgan fingerprint density at radius 3 is 2.03 bits per heavy atom. The van der Waals surface area contributed by atoms with Gasteiger partial charge < -0.3 is 20.3 Å². The summed E-state index contributed by atoms with van der Waals surface area (Å²) >= 11 is 0. The van der Waals surface area contributed by atoms with Crippen LogP contribution in [-0.4, -0.2) is 42.5 Å². The average molecular weight is 418 g/mol. The predicted octanol–water partition coefficient (Wildman–Crippen LogP) is 4.75. The van der Waals surface area contributed by atoms with Crippen molar-refractivity contribution in [2.75, 3.05) is 41.8 Å². The Hall–Kier alpha value is -3.45. The molecule has 1 aliphatic rings. The Kier molecular flexibility index (Phi) is 6.43. The maximum atomic E-state index is 12.3. The molecule has 0 radical (unpaired) electrons. The highest BCUT2D eigenvalue weighted by atomic mass is 16.5. The van der Waals surface area contributed by atoms with Gasteiger partial charge in [-0.15, -0.1) is 10.2 Å². The minimum atomic E-state index is -0.278. The second-order valence-corrected chi connectivity index (χ2v) is 7.81. The van der Waals surface area contributed by atoms with Gasteiger partial charge in [-0.2, -0.15) is 0 Å². The number of hydrogen-bond acceptors (Lipinski definition) is 5. The highest BCUT2D eigenvalue weighted by molar-refractivity contribution is 5.99. The monoisotopic (exact) mass is 417 g/mol. The first kappa shape index (κ1) is 20.8. The summed E-state index contributed by atoms with van der Waals surface area (Å²) in [6, 6.07) is 19.1. The number of amides is 2. The second-order valence-electron chi connectivity index (χ2n) is 7.81. The molecule has 0 spiro atoms. The van der Waals surface area contributed by atoms with Crippen molar-refractivity contribution in [1.82, 2.24) is 10.2 Å². The fourth-order valence-corrected chi connectivity index (χ4v) is 3.41. The molecule has 2 amide bonds. The van der Waals surface area contributed by atoms with Crippen LogP contribution in [0.5, 0.6) is 0 Å². The molecule has 31 heavy (non-hydrogen) atoms. The number of aromatic nitrogens is 2. The lowest BCUT2D eigenvalue weighted by atomic mass is 10.0. The number of hydrogen-bond donors (Lipinski definition) is 2. The number of ether oxygens (including phenoxy) is 1. The number of rotatable bonds is 5. The van der Waals surface area contributed by atoms with Gasteiger partial charge in [-0.3, -0.25) is 0 Å². The summed E-state index contributed by atoms with van der Waals surface area (Å²) in [4.78, 5) is 14.5. The summed E-state index contributed by atoms with van der Waals surface area (Å²) in [7, 11) is 0. The predicted molar refractivity (Wildman–Crippen MR) is 124 cm³/mol. The maximum Gasteiger partial charge on any atom is 0.323 e. The van der Waals surface area contributed by atoms with E-state index in [4.69, 9.17) is 4.74 Å². The number of carbonyl (C=O) groups is 1. The van der Waals surface area contributed by atoms with E-state index in [9.17, 15) is 4.79 Å². The minimum absolute atomic E-state index is 0.278. The number of morpholine rings is 1. The minimum Gasteiger partial charge on any atom is -0.378 e. The topological polar surface area (TPSA) is 79.4 Å². The van der Waals surface area contributed by atoms with Crippen LogP contribution in [0.2, 0.25) is 0 Å². The number of urea groups is 1. The van der Waals surface area contributed by atoms with Crippen LogP contribution in [-0.2, 0) is 4.74 Å². The van der Waals surface area contributed by atoms with E-state index in [0.29, 0.717) is 24.8 Å². The SMILES string of the molecule is CC(C)c1ccc(NC(=O)Nc2ccc(-c3ccc(N4CCOCC4)nn3)cc2)cc1. The van der Waals surface area contributed by atoms with Crippen LogP contribution < -0.4 is 15.5 Å². The van der Waals surface area contributed by atoms with Crippen molar-refractivity contribution in [3.8, 4) is 11.3 Å². The molecule has 2 aromatic carbocycles. The van der Waals surface area contributed by atoms with Crippen LogP contribution in [0.15, 0.2) is 60.7 Å². The molecule has 1 fully saturated rings. The van der Waals surface area contributed by atoms with Crippen molar-refractivity contribution in [2.45, 2.75) is 19.8 Å². The van der Waals surface area contributed by atoms with Crippen LogP contribution in [0, 0.1) is 0 Å². The number of anilines is 3. The zero-order valence-corrected chi connectivity index (χ0v) is 17.8.